The highest BCUT2D eigenvalue weighted by molar-refractivity contribution is 14.0. The third-order valence-corrected chi connectivity index (χ3v) is 6.13. The normalized spacial score (nSPS) is 17.4. The zero-order valence-corrected chi connectivity index (χ0v) is 19.1. The molecule has 2 aromatic rings. The van der Waals surface area contributed by atoms with E-state index in [9.17, 15) is 0 Å². The lowest BCUT2D eigenvalue weighted by Gasteiger charge is -2.27. The quantitative estimate of drug-likeness (QED) is 0.386. The third kappa shape index (κ3) is 4.97. The molecule has 1 aliphatic rings. The van der Waals surface area contributed by atoms with Crippen molar-refractivity contribution in [3.63, 3.8) is 0 Å². The number of hydrogen-bond donors (Lipinski definition) is 2. The fourth-order valence-electron chi connectivity index (χ4n) is 3.21. The first-order valence-electron chi connectivity index (χ1n) is 8.87. The van der Waals surface area contributed by atoms with Crippen molar-refractivity contribution in [2.24, 2.45) is 10.9 Å². The molecule has 26 heavy (non-hydrogen) atoms. The van der Waals surface area contributed by atoms with Gasteiger partial charge >= 0.3 is 0 Å². The van der Waals surface area contributed by atoms with Gasteiger partial charge in [0.15, 0.2) is 5.96 Å². The maximum absolute atomic E-state index is 4.38. The number of rotatable bonds is 5. The minimum atomic E-state index is 0. The topological polar surface area (TPSA) is 67.1 Å². The van der Waals surface area contributed by atoms with Gasteiger partial charge in [-0.3, -0.25) is 4.99 Å². The average Bonchev–Trinajstić information content (AvgIpc) is 3.26. The first kappa shape index (κ1) is 21.1. The molecule has 0 radical (unpaired) electrons. The van der Waals surface area contributed by atoms with Crippen molar-refractivity contribution in [2.75, 3.05) is 20.1 Å². The molecule has 1 unspecified atom stereocenters. The van der Waals surface area contributed by atoms with Crippen LogP contribution in [0.5, 0.6) is 0 Å². The van der Waals surface area contributed by atoms with E-state index in [2.05, 4.69) is 61.8 Å². The number of guanidine groups is 1. The molecular weight excluding hydrogens is 459 g/mol. The van der Waals surface area contributed by atoms with E-state index in [0.717, 1.165) is 50.1 Å². The Bertz CT molecular complexity index is 722. The maximum atomic E-state index is 4.38. The SMILES string of the molecule is CN=C(NCC1CCc2nnc(C)n2C1)NCC(C)(C)c1cccs1.I. The van der Waals surface area contributed by atoms with Crippen molar-refractivity contribution in [3.8, 4) is 0 Å². The van der Waals surface area contributed by atoms with Gasteiger partial charge in [-0.25, -0.2) is 0 Å². The van der Waals surface area contributed by atoms with E-state index in [-0.39, 0.29) is 29.4 Å². The van der Waals surface area contributed by atoms with Crippen LogP contribution in [0.15, 0.2) is 22.5 Å². The second-order valence-corrected chi connectivity index (χ2v) is 8.29. The fraction of sp³-hybridized carbons (Fsp3) is 0.611. The lowest BCUT2D eigenvalue weighted by molar-refractivity contribution is 0.358. The standard InChI is InChI=1S/C18H28N6S.HI/c1-13-22-23-16-8-7-14(11-24(13)16)10-20-17(19-4)21-12-18(2,3)15-6-5-9-25-15;/h5-6,9,14H,7-8,10-12H2,1-4H3,(H2,19,20,21);1H. The van der Waals surface area contributed by atoms with E-state index in [4.69, 9.17) is 0 Å². The minimum absolute atomic E-state index is 0. The van der Waals surface area contributed by atoms with Crippen molar-refractivity contribution >= 4 is 41.3 Å². The number of fused-ring (bicyclic) bond motifs is 1. The molecule has 144 valence electrons. The van der Waals surface area contributed by atoms with Gasteiger partial charge in [0, 0.05) is 43.4 Å². The van der Waals surface area contributed by atoms with E-state index in [1.807, 2.05) is 14.0 Å². The largest absolute Gasteiger partial charge is 0.356 e. The van der Waals surface area contributed by atoms with Crippen molar-refractivity contribution < 1.29 is 0 Å². The minimum Gasteiger partial charge on any atom is -0.356 e. The summed E-state index contributed by atoms with van der Waals surface area (Å²) in [6.07, 6.45) is 2.15. The summed E-state index contributed by atoms with van der Waals surface area (Å²) in [5, 5.41) is 17.5. The molecule has 2 N–H and O–H groups in total. The maximum Gasteiger partial charge on any atom is 0.191 e. The highest BCUT2D eigenvalue weighted by Crippen LogP contribution is 2.26. The second-order valence-electron chi connectivity index (χ2n) is 7.35. The van der Waals surface area contributed by atoms with E-state index in [1.54, 1.807) is 11.3 Å². The smallest absolute Gasteiger partial charge is 0.191 e. The van der Waals surface area contributed by atoms with E-state index < -0.39 is 0 Å². The van der Waals surface area contributed by atoms with Crippen LogP contribution in [0.1, 0.15) is 36.8 Å². The molecule has 0 amide bonds. The fourth-order valence-corrected chi connectivity index (χ4v) is 4.07. The molecule has 1 aliphatic heterocycles. The van der Waals surface area contributed by atoms with Gasteiger partial charge in [-0.2, -0.15) is 0 Å². The monoisotopic (exact) mass is 488 g/mol. The van der Waals surface area contributed by atoms with Crippen LogP contribution in [0.2, 0.25) is 0 Å². The summed E-state index contributed by atoms with van der Waals surface area (Å²) in [5.41, 5.74) is 0.0884. The summed E-state index contributed by atoms with van der Waals surface area (Å²) in [6, 6.07) is 4.31. The molecule has 6 nitrogen and oxygen atoms in total. The van der Waals surface area contributed by atoms with Gasteiger partial charge in [0.05, 0.1) is 0 Å². The Morgan fingerprint density at radius 1 is 1.38 bits per heavy atom. The lowest BCUT2D eigenvalue weighted by atomic mass is 9.91. The summed E-state index contributed by atoms with van der Waals surface area (Å²) in [5.74, 6) is 3.58. The molecule has 8 heteroatoms. The van der Waals surface area contributed by atoms with E-state index >= 15 is 0 Å². The predicted molar refractivity (Wildman–Crippen MR) is 119 cm³/mol. The van der Waals surface area contributed by atoms with Crippen molar-refractivity contribution in [2.45, 2.75) is 45.6 Å². The Morgan fingerprint density at radius 3 is 2.88 bits per heavy atom. The van der Waals surface area contributed by atoms with E-state index in [0.29, 0.717) is 5.92 Å². The summed E-state index contributed by atoms with van der Waals surface area (Å²) in [6.45, 7) is 9.30. The zero-order valence-electron chi connectivity index (χ0n) is 16.0. The number of hydrogen-bond acceptors (Lipinski definition) is 4. The molecule has 0 bridgehead atoms. The Hall–Kier alpha value is -1.16. The van der Waals surface area contributed by atoms with Crippen LogP contribution in [-0.4, -0.2) is 40.9 Å². The van der Waals surface area contributed by atoms with Gasteiger partial charge in [-0.1, -0.05) is 19.9 Å². The lowest BCUT2D eigenvalue weighted by Crippen LogP contribution is -2.45. The number of nitrogens with one attached hydrogen (secondary N) is 2. The van der Waals surface area contributed by atoms with Crippen LogP contribution in [0.4, 0.5) is 0 Å². The molecule has 0 saturated heterocycles. The van der Waals surface area contributed by atoms with Crippen LogP contribution >= 0.6 is 35.3 Å². The van der Waals surface area contributed by atoms with Crippen LogP contribution < -0.4 is 10.6 Å². The number of thiophene rings is 1. The molecule has 0 saturated carbocycles. The number of halogens is 1. The third-order valence-electron chi connectivity index (χ3n) is 4.90. The number of aryl methyl sites for hydroxylation is 2. The van der Waals surface area contributed by atoms with Crippen molar-refractivity contribution in [1.82, 2.24) is 25.4 Å². The van der Waals surface area contributed by atoms with Crippen molar-refractivity contribution in [3.05, 3.63) is 34.0 Å². The molecule has 0 aliphatic carbocycles. The predicted octanol–water partition coefficient (Wildman–Crippen LogP) is 2.97. The molecule has 0 aromatic carbocycles. The molecule has 3 heterocycles. The number of nitrogens with zero attached hydrogens (tertiary/aromatic N) is 4. The summed E-state index contributed by atoms with van der Waals surface area (Å²) >= 11 is 1.81. The first-order valence-corrected chi connectivity index (χ1v) is 9.75. The second kappa shape index (κ2) is 9.16. The number of aromatic nitrogens is 3. The van der Waals surface area contributed by atoms with E-state index in [1.165, 1.54) is 4.88 Å². The van der Waals surface area contributed by atoms with Crippen LogP contribution in [0.25, 0.3) is 0 Å². The van der Waals surface area contributed by atoms with Gasteiger partial charge in [-0.05, 0) is 30.7 Å². The average molecular weight is 488 g/mol. The highest BCUT2D eigenvalue weighted by Gasteiger charge is 2.23. The molecule has 0 spiro atoms. The molecule has 3 rings (SSSR count). The molecule has 0 fully saturated rings. The Kier molecular flexibility index (Phi) is 7.45. The Labute approximate surface area is 176 Å². The summed E-state index contributed by atoms with van der Waals surface area (Å²) in [4.78, 5) is 5.76. The van der Waals surface area contributed by atoms with Gasteiger partial charge in [-0.15, -0.1) is 45.5 Å². The van der Waals surface area contributed by atoms with Gasteiger partial charge in [0.2, 0.25) is 0 Å². The molecular formula is C18H29IN6S. The summed E-state index contributed by atoms with van der Waals surface area (Å²) < 4.78 is 2.24. The van der Waals surface area contributed by atoms with Crippen LogP contribution in [-0.2, 0) is 18.4 Å². The van der Waals surface area contributed by atoms with Gasteiger partial charge in [0.1, 0.15) is 11.6 Å². The first-order chi connectivity index (χ1) is 12.0. The zero-order chi connectivity index (χ0) is 17.9. The van der Waals surface area contributed by atoms with Crippen LogP contribution in [0.3, 0.4) is 0 Å². The van der Waals surface area contributed by atoms with Gasteiger partial charge < -0.3 is 15.2 Å². The van der Waals surface area contributed by atoms with Crippen LogP contribution in [0, 0.1) is 12.8 Å². The van der Waals surface area contributed by atoms with Crippen molar-refractivity contribution in [1.29, 1.82) is 0 Å². The molecule has 2 aromatic heterocycles. The Morgan fingerprint density at radius 2 is 2.19 bits per heavy atom. The summed E-state index contributed by atoms with van der Waals surface area (Å²) in [7, 11) is 1.83. The highest BCUT2D eigenvalue weighted by atomic mass is 127. The van der Waals surface area contributed by atoms with Gasteiger partial charge in [0.25, 0.3) is 0 Å². The number of aliphatic imine (C=N–C) groups is 1. The Balaban J connectivity index is 0.00000243. The molecule has 1 atom stereocenters.